The van der Waals surface area contributed by atoms with E-state index in [0.717, 1.165) is 30.5 Å². The predicted molar refractivity (Wildman–Crippen MR) is 120 cm³/mol. The van der Waals surface area contributed by atoms with Crippen molar-refractivity contribution >= 4 is 17.6 Å². The Morgan fingerprint density at radius 2 is 1.88 bits per heavy atom. The molecule has 1 atom stereocenters. The summed E-state index contributed by atoms with van der Waals surface area (Å²) in [7, 11) is 1.75. The molecule has 170 valence electrons. The summed E-state index contributed by atoms with van der Waals surface area (Å²) >= 11 is 0. The molecule has 2 aromatic rings. The number of piperidine rings is 1. The number of carbonyl (C=O) groups excluding carboxylic acids is 2. The molecule has 0 bridgehead atoms. The van der Waals surface area contributed by atoms with Gasteiger partial charge in [-0.1, -0.05) is 0 Å². The topological polar surface area (TPSA) is 109 Å². The van der Waals surface area contributed by atoms with Gasteiger partial charge < -0.3 is 20.3 Å². The maximum Gasteiger partial charge on any atom is 0.274 e. The van der Waals surface area contributed by atoms with Gasteiger partial charge in [0.15, 0.2) is 0 Å². The minimum absolute atomic E-state index is 0.0920. The highest BCUT2D eigenvalue weighted by molar-refractivity contribution is 5.93. The summed E-state index contributed by atoms with van der Waals surface area (Å²) in [6.07, 6.45) is 5.55. The summed E-state index contributed by atoms with van der Waals surface area (Å²) in [5.74, 6) is 0.221. The van der Waals surface area contributed by atoms with Gasteiger partial charge in [0.2, 0.25) is 0 Å². The van der Waals surface area contributed by atoms with E-state index in [-0.39, 0.29) is 23.3 Å². The highest BCUT2D eigenvalue weighted by Gasteiger charge is 2.46. The number of anilines is 1. The Bertz CT molecular complexity index is 967. The van der Waals surface area contributed by atoms with Crippen molar-refractivity contribution in [1.29, 1.82) is 0 Å². The molecule has 4 rings (SSSR count). The number of amides is 2. The van der Waals surface area contributed by atoms with E-state index in [1.54, 1.807) is 24.2 Å². The van der Waals surface area contributed by atoms with Crippen molar-refractivity contribution in [3.63, 3.8) is 0 Å². The van der Waals surface area contributed by atoms with E-state index in [4.69, 9.17) is 4.74 Å². The number of nitrogens with zero attached hydrogens (tertiary/aromatic N) is 4. The van der Waals surface area contributed by atoms with Crippen molar-refractivity contribution in [3.05, 3.63) is 47.2 Å². The number of hydrogen-bond acceptors (Lipinski definition) is 7. The van der Waals surface area contributed by atoms with Crippen LogP contribution in [0.2, 0.25) is 0 Å². The predicted octanol–water partition coefficient (Wildman–Crippen LogP) is 1.97. The lowest BCUT2D eigenvalue weighted by molar-refractivity contribution is -0.0366. The van der Waals surface area contributed by atoms with Crippen LogP contribution in [0.1, 0.15) is 51.5 Å². The number of likely N-dealkylation sites (tertiary alicyclic amines) is 1. The molecular formula is C23H30N6O3. The summed E-state index contributed by atoms with van der Waals surface area (Å²) in [4.78, 5) is 40.9. The second-order valence-corrected chi connectivity index (χ2v) is 8.71. The zero-order valence-electron chi connectivity index (χ0n) is 18.9. The number of carbonyl (C=O) groups is 2. The van der Waals surface area contributed by atoms with Crippen molar-refractivity contribution < 1.29 is 14.3 Å². The molecule has 2 saturated heterocycles. The molecule has 2 aliphatic heterocycles. The van der Waals surface area contributed by atoms with Crippen LogP contribution in [0.3, 0.4) is 0 Å². The molecular weight excluding hydrogens is 408 g/mol. The Hall–Kier alpha value is -3.07. The van der Waals surface area contributed by atoms with E-state index in [2.05, 4.69) is 25.6 Å². The highest BCUT2D eigenvalue weighted by atomic mass is 16.5. The van der Waals surface area contributed by atoms with Crippen LogP contribution in [0.15, 0.2) is 24.5 Å². The molecule has 0 radical (unpaired) electrons. The largest absolute Gasteiger partial charge is 0.381 e. The number of pyridine rings is 1. The van der Waals surface area contributed by atoms with Crippen LogP contribution in [-0.4, -0.2) is 71.1 Å². The molecule has 32 heavy (non-hydrogen) atoms. The lowest BCUT2D eigenvalue weighted by atomic mass is 9.69. The maximum atomic E-state index is 13.1. The van der Waals surface area contributed by atoms with Gasteiger partial charge in [-0.15, -0.1) is 0 Å². The van der Waals surface area contributed by atoms with E-state index >= 15 is 0 Å². The van der Waals surface area contributed by atoms with Crippen LogP contribution < -0.4 is 10.6 Å². The van der Waals surface area contributed by atoms with Gasteiger partial charge >= 0.3 is 0 Å². The average Bonchev–Trinajstić information content (AvgIpc) is 2.80. The molecule has 2 aromatic heterocycles. The minimum atomic E-state index is -0.208. The molecule has 9 nitrogen and oxygen atoms in total. The minimum Gasteiger partial charge on any atom is -0.381 e. The van der Waals surface area contributed by atoms with Crippen LogP contribution in [0.25, 0.3) is 0 Å². The molecule has 0 aromatic carbocycles. The van der Waals surface area contributed by atoms with E-state index in [0.29, 0.717) is 43.5 Å². The molecule has 0 saturated carbocycles. The molecule has 1 spiro atoms. The first kappa shape index (κ1) is 22.1. The first-order valence-electron chi connectivity index (χ1n) is 11.0. The van der Waals surface area contributed by atoms with Crippen LogP contribution in [0.5, 0.6) is 0 Å². The van der Waals surface area contributed by atoms with Crippen molar-refractivity contribution in [3.8, 4) is 0 Å². The van der Waals surface area contributed by atoms with Crippen molar-refractivity contribution in [2.45, 2.75) is 39.2 Å². The summed E-state index contributed by atoms with van der Waals surface area (Å²) in [6.45, 7) is 6.20. The van der Waals surface area contributed by atoms with Crippen LogP contribution in [-0.2, 0) is 4.74 Å². The van der Waals surface area contributed by atoms with Gasteiger partial charge in [0, 0.05) is 39.0 Å². The molecule has 2 aliphatic rings. The zero-order valence-corrected chi connectivity index (χ0v) is 18.9. The fourth-order valence-corrected chi connectivity index (χ4v) is 4.72. The average molecular weight is 439 g/mol. The first-order valence-corrected chi connectivity index (χ1v) is 11.0. The Morgan fingerprint density at radius 3 is 2.53 bits per heavy atom. The second-order valence-electron chi connectivity index (χ2n) is 8.71. The van der Waals surface area contributed by atoms with Crippen molar-refractivity contribution in [2.24, 2.45) is 5.41 Å². The van der Waals surface area contributed by atoms with Gasteiger partial charge in [-0.05, 0) is 56.2 Å². The van der Waals surface area contributed by atoms with Crippen molar-refractivity contribution in [1.82, 2.24) is 25.2 Å². The smallest absolute Gasteiger partial charge is 0.274 e. The number of nitrogens with one attached hydrogen (secondary N) is 2. The molecule has 2 fully saturated rings. The third-order valence-electron chi connectivity index (χ3n) is 6.56. The number of aromatic nitrogens is 3. The number of rotatable bonds is 4. The van der Waals surface area contributed by atoms with Crippen LogP contribution in [0.4, 0.5) is 5.82 Å². The Labute approximate surface area is 188 Å². The summed E-state index contributed by atoms with van der Waals surface area (Å²) in [5.41, 5.74) is 2.41. The SMILES string of the molecule is CNc1cnc(C(=O)N2CCC3(CCOCC3)C(NC(=O)c3cc(C)cc(C)n3)C2)cn1. The molecule has 2 N–H and O–H groups in total. The van der Waals surface area contributed by atoms with E-state index < -0.39 is 0 Å². The second kappa shape index (κ2) is 9.20. The maximum absolute atomic E-state index is 13.1. The normalized spacial score (nSPS) is 20.1. The Morgan fingerprint density at radius 1 is 1.09 bits per heavy atom. The fourth-order valence-electron chi connectivity index (χ4n) is 4.72. The quantitative estimate of drug-likeness (QED) is 0.751. The monoisotopic (exact) mass is 438 g/mol. The first-order chi connectivity index (χ1) is 15.4. The number of aryl methyl sites for hydroxylation is 2. The molecule has 0 aliphatic carbocycles. The number of ether oxygens (including phenoxy) is 1. The van der Waals surface area contributed by atoms with E-state index in [1.165, 1.54) is 6.20 Å². The summed E-state index contributed by atoms with van der Waals surface area (Å²) in [6, 6.07) is 3.55. The van der Waals surface area contributed by atoms with Crippen LogP contribution in [0, 0.1) is 19.3 Å². The Balaban J connectivity index is 1.55. The third kappa shape index (κ3) is 4.57. The van der Waals surface area contributed by atoms with E-state index in [1.807, 2.05) is 19.9 Å². The molecule has 4 heterocycles. The van der Waals surface area contributed by atoms with Gasteiger partial charge in [-0.3, -0.25) is 9.59 Å². The zero-order chi connectivity index (χ0) is 22.7. The Kier molecular flexibility index (Phi) is 6.36. The highest BCUT2D eigenvalue weighted by Crippen LogP contribution is 2.41. The molecule has 1 unspecified atom stereocenters. The summed E-state index contributed by atoms with van der Waals surface area (Å²) < 4.78 is 5.60. The number of hydrogen-bond donors (Lipinski definition) is 2. The molecule has 9 heteroatoms. The lowest BCUT2D eigenvalue weighted by Crippen LogP contribution is -2.61. The van der Waals surface area contributed by atoms with Crippen LogP contribution >= 0.6 is 0 Å². The lowest BCUT2D eigenvalue weighted by Gasteiger charge is -2.49. The van der Waals surface area contributed by atoms with Gasteiger partial charge in [-0.2, -0.15) is 0 Å². The van der Waals surface area contributed by atoms with Gasteiger partial charge in [0.05, 0.1) is 18.4 Å². The fraction of sp³-hybridized carbons (Fsp3) is 0.522. The van der Waals surface area contributed by atoms with E-state index in [9.17, 15) is 9.59 Å². The third-order valence-corrected chi connectivity index (χ3v) is 6.56. The van der Waals surface area contributed by atoms with Gasteiger partial charge in [-0.25, -0.2) is 15.0 Å². The summed E-state index contributed by atoms with van der Waals surface area (Å²) in [5, 5.41) is 6.11. The standard InChI is InChI=1S/C23H30N6O3/c1-15-10-16(2)27-17(11-15)21(30)28-19-14-29(7-4-23(19)5-8-32-9-6-23)22(31)18-12-26-20(24-3)13-25-18/h10-13,19H,4-9,14H2,1-3H3,(H,24,26)(H,28,30). The van der Waals surface area contributed by atoms with Gasteiger partial charge in [0.1, 0.15) is 17.2 Å². The van der Waals surface area contributed by atoms with Gasteiger partial charge in [0.25, 0.3) is 11.8 Å². The van der Waals surface area contributed by atoms with Crippen molar-refractivity contribution in [2.75, 3.05) is 38.7 Å². The molecule has 2 amide bonds.